The van der Waals surface area contributed by atoms with Crippen LogP contribution in [0, 0.1) is 5.82 Å². The van der Waals surface area contributed by atoms with Gasteiger partial charge in [-0.25, -0.2) is 4.39 Å². The van der Waals surface area contributed by atoms with Crippen LogP contribution < -0.4 is 4.90 Å². The van der Waals surface area contributed by atoms with Crippen molar-refractivity contribution in [3.05, 3.63) is 29.6 Å². The van der Waals surface area contributed by atoms with Crippen molar-refractivity contribution < 1.29 is 9.50 Å². The summed E-state index contributed by atoms with van der Waals surface area (Å²) in [5, 5.41) is 10.3. The van der Waals surface area contributed by atoms with E-state index in [1.807, 2.05) is 17.8 Å². The summed E-state index contributed by atoms with van der Waals surface area (Å²) in [5.41, 5.74) is 1.26. The van der Waals surface area contributed by atoms with Crippen molar-refractivity contribution in [3.8, 4) is 0 Å². The molecule has 0 spiro atoms. The standard InChI is InChI=1S/C14H20FNOS/c1-9-11(3)18-8-7-16(9)14-12(10(2)17)5-4-6-13(14)15/h4-6,9-11,17H,7-8H2,1-3H3/t9?,10-,11?/m1/s1. The van der Waals surface area contributed by atoms with Gasteiger partial charge in [0.15, 0.2) is 0 Å². The number of benzene rings is 1. The van der Waals surface area contributed by atoms with E-state index in [9.17, 15) is 9.50 Å². The third-order valence-electron chi connectivity index (χ3n) is 3.64. The molecule has 1 N–H and O–H groups in total. The normalized spacial score (nSPS) is 26.2. The van der Waals surface area contributed by atoms with Gasteiger partial charge in [0.25, 0.3) is 0 Å². The van der Waals surface area contributed by atoms with Crippen LogP contribution in [-0.2, 0) is 0 Å². The Kier molecular flexibility index (Phi) is 4.17. The molecule has 0 bridgehead atoms. The summed E-state index contributed by atoms with van der Waals surface area (Å²) in [4.78, 5) is 2.10. The Labute approximate surface area is 112 Å². The largest absolute Gasteiger partial charge is 0.389 e. The number of thioether (sulfide) groups is 1. The molecule has 2 nitrogen and oxygen atoms in total. The lowest BCUT2D eigenvalue weighted by Crippen LogP contribution is -2.45. The Hall–Kier alpha value is -0.740. The second kappa shape index (κ2) is 5.49. The van der Waals surface area contributed by atoms with Crippen LogP contribution in [0.3, 0.4) is 0 Å². The van der Waals surface area contributed by atoms with Gasteiger partial charge in [-0.15, -0.1) is 0 Å². The minimum atomic E-state index is -0.646. The predicted octanol–water partition coefficient (Wildman–Crippen LogP) is 3.21. The Morgan fingerprint density at radius 1 is 1.44 bits per heavy atom. The highest BCUT2D eigenvalue weighted by molar-refractivity contribution is 8.00. The van der Waals surface area contributed by atoms with Crippen LogP contribution in [0.25, 0.3) is 0 Å². The van der Waals surface area contributed by atoms with E-state index in [-0.39, 0.29) is 11.9 Å². The Balaban J connectivity index is 2.43. The van der Waals surface area contributed by atoms with Gasteiger partial charge in [0.1, 0.15) is 5.82 Å². The molecule has 2 unspecified atom stereocenters. The molecule has 2 rings (SSSR count). The predicted molar refractivity (Wildman–Crippen MR) is 75.8 cm³/mol. The van der Waals surface area contributed by atoms with Crippen molar-refractivity contribution in [2.75, 3.05) is 17.2 Å². The van der Waals surface area contributed by atoms with E-state index in [0.29, 0.717) is 16.5 Å². The number of hydrogen-bond acceptors (Lipinski definition) is 3. The zero-order valence-electron chi connectivity index (χ0n) is 11.1. The highest BCUT2D eigenvalue weighted by Gasteiger charge is 2.29. The summed E-state index contributed by atoms with van der Waals surface area (Å²) >= 11 is 1.92. The fourth-order valence-corrected chi connectivity index (χ4v) is 3.52. The summed E-state index contributed by atoms with van der Waals surface area (Å²) < 4.78 is 14.1. The molecule has 0 aliphatic carbocycles. The van der Waals surface area contributed by atoms with Crippen LogP contribution in [0.15, 0.2) is 18.2 Å². The molecule has 18 heavy (non-hydrogen) atoms. The average Bonchev–Trinajstić information content (AvgIpc) is 2.33. The van der Waals surface area contributed by atoms with Crippen LogP contribution in [0.5, 0.6) is 0 Å². The summed E-state index contributed by atoms with van der Waals surface area (Å²) in [7, 11) is 0. The van der Waals surface area contributed by atoms with Crippen LogP contribution in [0.4, 0.5) is 10.1 Å². The van der Waals surface area contributed by atoms with Gasteiger partial charge in [-0.05, 0) is 19.9 Å². The second-order valence-corrected chi connectivity index (χ2v) is 6.35. The van der Waals surface area contributed by atoms with Crippen LogP contribution in [0.1, 0.15) is 32.4 Å². The monoisotopic (exact) mass is 269 g/mol. The summed E-state index contributed by atoms with van der Waals surface area (Å²) in [6, 6.07) is 5.22. The molecule has 0 aromatic heterocycles. The molecule has 1 heterocycles. The summed E-state index contributed by atoms with van der Waals surface area (Å²) in [5.74, 6) is 0.762. The van der Waals surface area contributed by atoms with Crippen LogP contribution in [0.2, 0.25) is 0 Å². The van der Waals surface area contributed by atoms with Crippen LogP contribution >= 0.6 is 11.8 Å². The number of para-hydroxylation sites is 1. The molecule has 1 aromatic carbocycles. The number of rotatable bonds is 2. The van der Waals surface area contributed by atoms with Gasteiger partial charge in [-0.3, -0.25) is 0 Å². The zero-order chi connectivity index (χ0) is 13.3. The second-order valence-electron chi connectivity index (χ2n) is 4.86. The van der Waals surface area contributed by atoms with Crippen molar-refractivity contribution in [1.29, 1.82) is 0 Å². The molecule has 0 radical (unpaired) electrons. The minimum Gasteiger partial charge on any atom is -0.389 e. The number of aliphatic hydroxyl groups is 1. The molecule has 1 fully saturated rings. The topological polar surface area (TPSA) is 23.5 Å². The van der Waals surface area contributed by atoms with E-state index in [1.54, 1.807) is 13.0 Å². The first kappa shape index (κ1) is 13.7. The SMILES string of the molecule is CC1SCCN(c2c(F)cccc2[C@@H](C)O)C1C. The summed E-state index contributed by atoms with van der Waals surface area (Å²) in [6.45, 7) is 6.81. The van der Waals surface area contributed by atoms with E-state index < -0.39 is 6.10 Å². The maximum absolute atomic E-state index is 14.1. The van der Waals surface area contributed by atoms with E-state index in [2.05, 4.69) is 18.7 Å². The van der Waals surface area contributed by atoms with Gasteiger partial charge in [0.2, 0.25) is 0 Å². The molecule has 1 saturated heterocycles. The zero-order valence-corrected chi connectivity index (χ0v) is 11.9. The summed E-state index contributed by atoms with van der Waals surface area (Å²) in [6.07, 6.45) is -0.646. The number of hydrogen-bond donors (Lipinski definition) is 1. The van der Waals surface area contributed by atoms with Gasteiger partial charge in [0.05, 0.1) is 11.8 Å². The number of anilines is 1. The maximum atomic E-state index is 14.1. The lowest BCUT2D eigenvalue weighted by Gasteiger charge is -2.40. The Bertz CT molecular complexity index is 424. The average molecular weight is 269 g/mol. The van der Waals surface area contributed by atoms with Crippen molar-refractivity contribution in [1.82, 2.24) is 0 Å². The van der Waals surface area contributed by atoms with Crippen LogP contribution in [-0.4, -0.2) is 28.7 Å². The fraction of sp³-hybridized carbons (Fsp3) is 0.571. The van der Waals surface area contributed by atoms with Crippen molar-refractivity contribution in [2.24, 2.45) is 0 Å². The third kappa shape index (κ3) is 2.50. The molecule has 1 aromatic rings. The van der Waals surface area contributed by atoms with E-state index in [4.69, 9.17) is 0 Å². The van der Waals surface area contributed by atoms with Crippen molar-refractivity contribution in [3.63, 3.8) is 0 Å². The van der Waals surface area contributed by atoms with Crippen molar-refractivity contribution in [2.45, 2.75) is 38.2 Å². The van der Waals surface area contributed by atoms with Gasteiger partial charge in [0, 0.05) is 29.2 Å². The van der Waals surface area contributed by atoms with Gasteiger partial charge < -0.3 is 10.0 Å². The Morgan fingerprint density at radius 3 is 2.83 bits per heavy atom. The third-order valence-corrected chi connectivity index (χ3v) is 4.98. The molecule has 0 saturated carbocycles. The fourth-order valence-electron chi connectivity index (χ4n) is 2.42. The Morgan fingerprint density at radius 2 is 2.17 bits per heavy atom. The highest BCUT2D eigenvalue weighted by Crippen LogP contribution is 2.35. The van der Waals surface area contributed by atoms with Gasteiger partial charge in [-0.2, -0.15) is 11.8 Å². The van der Waals surface area contributed by atoms with Gasteiger partial charge in [-0.1, -0.05) is 19.1 Å². The molecular formula is C14H20FNOS. The first-order valence-corrected chi connectivity index (χ1v) is 7.42. The molecule has 3 atom stereocenters. The maximum Gasteiger partial charge on any atom is 0.146 e. The lowest BCUT2D eigenvalue weighted by atomic mass is 10.0. The smallest absolute Gasteiger partial charge is 0.146 e. The molecule has 1 aliphatic heterocycles. The number of halogens is 1. The molecular weight excluding hydrogens is 249 g/mol. The van der Waals surface area contributed by atoms with Crippen molar-refractivity contribution >= 4 is 17.4 Å². The van der Waals surface area contributed by atoms with E-state index in [0.717, 1.165) is 12.3 Å². The number of nitrogens with zero attached hydrogens (tertiary/aromatic N) is 1. The molecule has 0 amide bonds. The van der Waals surface area contributed by atoms with E-state index >= 15 is 0 Å². The molecule has 4 heteroatoms. The first-order valence-electron chi connectivity index (χ1n) is 6.37. The highest BCUT2D eigenvalue weighted by atomic mass is 32.2. The first-order chi connectivity index (χ1) is 8.52. The number of aliphatic hydroxyl groups excluding tert-OH is 1. The van der Waals surface area contributed by atoms with Gasteiger partial charge >= 0.3 is 0 Å². The molecule has 1 aliphatic rings. The lowest BCUT2D eigenvalue weighted by molar-refractivity contribution is 0.199. The quantitative estimate of drug-likeness (QED) is 0.892. The minimum absolute atomic E-state index is 0.237. The molecule has 100 valence electrons. The van der Waals surface area contributed by atoms with E-state index in [1.165, 1.54) is 6.07 Å².